The van der Waals surface area contributed by atoms with Gasteiger partial charge < -0.3 is 9.67 Å². The van der Waals surface area contributed by atoms with E-state index in [0.717, 1.165) is 28.0 Å². The van der Waals surface area contributed by atoms with Crippen LogP contribution in [0.2, 0.25) is 0 Å². The van der Waals surface area contributed by atoms with Crippen LogP contribution in [0.5, 0.6) is 0 Å². The van der Waals surface area contributed by atoms with Crippen molar-refractivity contribution in [1.29, 1.82) is 0 Å². The number of aromatic nitrogens is 2. The fourth-order valence-corrected chi connectivity index (χ4v) is 2.49. The van der Waals surface area contributed by atoms with Crippen molar-refractivity contribution in [3.05, 3.63) is 53.6 Å². The number of imidazole rings is 1. The molecular weight excluding hydrogens is 264 g/mol. The number of hydrogen-bond acceptors (Lipinski definition) is 2. The van der Waals surface area contributed by atoms with Crippen molar-refractivity contribution in [2.24, 2.45) is 7.05 Å². The second kappa shape index (κ2) is 5.05. The highest BCUT2D eigenvalue weighted by Crippen LogP contribution is 2.24. The molecule has 0 atom stereocenters. The topological polar surface area (TPSA) is 55.1 Å². The van der Waals surface area contributed by atoms with E-state index >= 15 is 0 Å². The number of benzene rings is 2. The van der Waals surface area contributed by atoms with E-state index in [1.54, 1.807) is 0 Å². The minimum absolute atomic E-state index is 0.0202. The summed E-state index contributed by atoms with van der Waals surface area (Å²) in [6, 6.07) is 13.8. The molecule has 0 aliphatic rings. The third kappa shape index (κ3) is 2.52. The summed E-state index contributed by atoms with van der Waals surface area (Å²) in [6.45, 7) is 2.05. The second-order valence-electron chi connectivity index (χ2n) is 5.25. The van der Waals surface area contributed by atoms with Gasteiger partial charge in [-0.3, -0.25) is 4.79 Å². The molecule has 0 bridgehead atoms. The molecule has 0 amide bonds. The van der Waals surface area contributed by atoms with Gasteiger partial charge in [0.1, 0.15) is 5.82 Å². The fraction of sp³-hybridized carbons (Fsp3) is 0.176. The minimum atomic E-state index is -0.830. The summed E-state index contributed by atoms with van der Waals surface area (Å²) in [5.41, 5.74) is 4.86. The van der Waals surface area contributed by atoms with Crippen molar-refractivity contribution in [2.45, 2.75) is 13.3 Å². The van der Waals surface area contributed by atoms with Gasteiger partial charge in [-0.1, -0.05) is 35.9 Å². The quantitative estimate of drug-likeness (QED) is 0.801. The maximum atomic E-state index is 10.8. The highest BCUT2D eigenvalue weighted by molar-refractivity contribution is 5.82. The van der Waals surface area contributed by atoms with Crippen molar-refractivity contribution < 1.29 is 9.90 Å². The largest absolute Gasteiger partial charge is 0.481 e. The van der Waals surface area contributed by atoms with Gasteiger partial charge in [0.2, 0.25) is 0 Å². The van der Waals surface area contributed by atoms with Gasteiger partial charge in [-0.25, -0.2) is 4.98 Å². The molecule has 0 fully saturated rings. The Kier molecular flexibility index (Phi) is 3.22. The Bertz CT molecular complexity index is 817. The Morgan fingerprint density at radius 1 is 1.19 bits per heavy atom. The standard InChI is InChI=1S/C17H16N2O2/c1-11-3-6-13(7-4-11)17-18-14-9-12(10-16(20)21)5-8-15(14)19(17)2/h3-9H,10H2,1-2H3,(H,20,21). The zero-order chi connectivity index (χ0) is 15.0. The molecule has 1 heterocycles. The molecule has 21 heavy (non-hydrogen) atoms. The summed E-state index contributed by atoms with van der Waals surface area (Å²) in [6.07, 6.45) is 0.0202. The molecule has 0 spiro atoms. The van der Waals surface area contributed by atoms with Gasteiger partial charge >= 0.3 is 5.97 Å². The lowest BCUT2D eigenvalue weighted by Gasteiger charge is -2.03. The van der Waals surface area contributed by atoms with Gasteiger partial charge in [0, 0.05) is 12.6 Å². The van der Waals surface area contributed by atoms with Crippen molar-refractivity contribution in [1.82, 2.24) is 9.55 Å². The van der Waals surface area contributed by atoms with Crippen LogP contribution in [0.4, 0.5) is 0 Å². The average Bonchev–Trinajstić information content (AvgIpc) is 2.76. The summed E-state index contributed by atoms with van der Waals surface area (Å²) in [4.78, 5) is 15.5. The number of carboxylic acids is 1. The molecule has 0 saturated carbocycles. The Morgan fingerprint density at radius 3 is 2.57 bits per heavy atom. The van der Waals surface area contributed by atoms with E-state index in [9.17, 15) is 4.79 Å². The third-order valence-corrected chi connectivity index (χ3v) is 3.61. The fourth-order valence-electron chi connectivity index (χ4n) is 2.49. The van der Waals surface area contributed by atoms with Crippen LogP contribution in [0.25, 0.3) is 22.4 Å². The number of aryl methyl sites for hydroxylation is 2. The number of carboxylic acid groups (broad SMARTS) is 1. The Labute approximate surface area is 122 Å². The van der Waals surface area contributed by atoms with E-state index in [1.165, 1.54) is 5.56 Å². The van der Waals surface area contributed by atoms with Crippen LogP contribution in [0, 0.1) is 6.92 Å². The van der Waals surface area contributed by atoms with Crippen molar-refractivity contribution in [3.63, 3.8) is 0 Å². The molecule has 3 rings (SSSR count). The van der Waals surface area contributed by atoms with Crippen molar-refractivity contribution >= 4 is 17.0 Å². The molecule has 2 aromatic carbocycles. The number of aliphatic carboxylic acids is 1. The van der Waals surface area contributed by atoms with Crippen LogP contribution in [0.3, 0.4) is 0 Å². The van der Waals surface area contributed by atoms with Gasteiger partial charge in [-0.2, -0.15) is 0 Å². The molecule has 3 aromatic rings. The predicted molar refractivity (Wildman–Crippen MR) is 82.2 cm³/mol. The monoisotopic (exact) mass is 280 g/mol. The van der Waals surface area contributed by atoms with Gasteiger partial charge in [0.05, 0.1) is 17.5 Å². The number of fused-ring (bicyclic) bond motifs is 1. The van der Waals surface area contributed by atoms with Crippen molar-refractivity contribution in [2.75, 3.05) is 0 Å². The van der Waals surface area contributed by atoms with E-state index in [4.69, 9.17) is 5.11 Å². The highest BCUT2D eigenvalue weighted by atomic mass is 16.4. The lowest BCUT2D eigenvalue weighted by molar-refractivity contribution is -0.136. The minimum Gasteiger partial charge on any atom is -0.481 e. The number of rotatable bonds is 3. The molecule has 0 aliphatic heterocycles. The van der Waals surface area contributed by atoms with Gasteiger partial charge in [0.15, 0.2) is 0 Å². The first kappa shape index (κ1) is 13.4. The van der Waals surface area contributed by atoms with Gasteiger partial charge in [-0.05, 0) is 24.6 Å². The molecule has 0 radical (unpaired) electrons. The molecule has 1 aromatic heterocycles. The van der Waals surface area contributed by atoms with Gasteiger partial charge in [-0.15, -0.1) is 0 Å². The molecule has 106 valence electrons. The molecule has 4 heteroatoms. The van der Waals surface area contributed by atoms with Crippen LogP contribution >= 0.6 is 0 Å². The first-order valence-corrected chi connectivity index (χ1v) is 6.79. The molecule has 4 nitrogen and oxygen atoms in total. The van der Waals surface area contributed by atoms with Crippen LogP contribution < -0.4 is 0 Å². The van der Waals surface area contributed by atoms with E-state index in [1.807, 2.05) is 29.8 Å². The zero-order valence-electron chi connectivity index (χ0n) is 12.0. The van der Waals surface area contributed by atoms with Gasteiger partial charge in [0.25, 0.3) is 0 Å². The van der Waals surface area contributed by atoms with Crippen LogP contribution in [0.1, 0.15) is 11.1 Å². The Morgan fingerprint density at radius 2 is 1.90 bits per heavy atom. The first-order valence-electron chi connectivity index (χ1n) is 6.79. The normalized spacial score (nSPS) is 11.0. The van der Waals surface area contributed by atoms with E-state index in [-0.39, 0.29) is 6.42 Å². The summed E-state index contributed by atoms with van der Waals surface area (Å²) in [7, 11) is 1.97. The number of hydrogen-bond donors (Lipinski definition) is 1. The number of carbonyl (C=O) groups is 1. The summed E-state index contributed by atoms with van der Waals surface area (Å²) in [5, 5.41) is 8.88. The molecule has 1 N–H and O–H groups in total. The molecule has 0 aliphatic carbocycles. The van der Waals surface area contributed by atoms with Crippen LogP contribution in [-0.4, -0.2) is 20.6 Å². The molecular formula is C17H16N2O2. The maximum Gasteiger partial charge on any atom is 0.307 e. The predicted octanol–water partition coefficient (Wildman–Crippen LogP) is 3.18. The Balaban J connectivity index is 2.10. The second-order valence-corrected chi connectivity index (χ2v) is 5.25. The van der Waals surface area contributed by atoms with Crippen LogP contribution in [-0.2, 0) is 18.3 Å². The highest BCUT2D eigenvalue weighted by Gasteiger charge is 2.11. The molecule has 0 saturated heterocycles. The SMILES string of the molecule is Cc1ccc(-c2nc3cc(CC(=O)O)ccc3n2C)cc1. The van der Waals surface area contributed by atoms with E-state index in [2.05, 4.69) is 36.2 Å². The summed E-state index contributed by atoms with van der Waals surface area (Å²) >= 11 is 0. The third-order valence-electron chi connectivity index (χ3n) is 3.61. The smallest absolute Gasteiger partial charge is 0.307 e. The Hall–Kier alpha value is -2.62. The maximum absolute atomic E-state index is 10.8. The first-order chi connectivity index (χ1) is 10.0. The summed E-state index contributed by atoms with van der Waals surface area (Å²) in [5.74, 6) is 0.0570. The average molecular weight is 280 g/mol. The van der Waals surface area contributed by atoms with E-state index < -0.39 is 5.97 Å². The number of nitrogens with zero attached hydrogens (tertiary/aromatic N) is 2. The van der Waals surface area contributed by atoms with E-state index in [0.29, 0.717) is 0 Å². The lowest BCUT2D eigenvalue weighted by atomic mass is 10.1. The summed E-state index contributed by atoms with van der Waals surface area (Å²) < 4.78 is 2.03. The zero-order valence-corrected chi connectivity index (χ0v) is 12.0. The van der Waals surface area contributed by atoms with Crippen molar-refractivity contribution in [3.8, 4) is 11.4 Å². The lowest BCUT2D eigenvalue weighted by Crippen LogP contribution is -1.99. The molecule has 0 unspecified atom stereocenters. The van der Waals surface area contributed by atoms with Crippen LogP contribution in [0.15, 0.2) is 42.5 Å².